The lowest BCUT2D eigenvalue weighted by Crippen LogP contribution is -2.47. The van der Waals surface area contributed by atoms with Crippen LogP contribution in [0.1, 0.15) is 38.3 Å². The molecule has 2 N–H and O–H groups in total. The molecule has 1 fully saturated rings. The summed E-state index contributed by atoms with van der Waals surface area (Å²) in [4.78, 5) is 26.1. The van der Waals surface area contributed by atoms with Crippen molar-refractivity contribution in [2.75, 3.05) is 6.54 Å². The number of ether oxygens (including phenoxy) is 1. The number of terminal acetylenes is 1. The highest BCUT2D eigenvalue weighted by atomic mass is 35.5. The molecule has 0 saturated carbocycles. The number of carbonyl (C=O) groups excluding carboxylic acids is 2. The minimum atomic E-state index is -0.788. The summed E-state index contributed by atoms with van der Waals surface area (Å²) in [7, 11) is 0. The molecule has 2 atom stereocenters. The van der Waals surface area contributed by atoms with E-state index in [4.69, 9.17) is 22.8 Å². The van der Waals surface area contributed by atoms with E-state index in [2.05, 4.69) is 11.2 Å². The van der Waals surface area contributed by atoms with Crippen LogP contribution in [0, 0.1) is 12.3 Å². The third-order valence-electron chi connectivity index (χ3n) is 3.88. The molecule has 0 radical (unpaired) electrons. The summed E-state index contributed by atoms with van der Waals surface area (Å²) in [5.41, 5.74) is 0.680. The Morgan fingerprint density at radius 2 is 2.15 bits per heavy atom. The summed E-state index contributed by atoms with van der Waals surface area (Å²) in [5, 5.41) is 13.1. The second-order valence-electron chi connectivity index (χ2n) is 7.21. The highest BCUT2D eigenvalue weighted by molar-refractivity contribution is 6.31. The highest BCUT2D eigenvalue weighted by Gasteiger charge is 2.40. The van der Waals surface area contributed by atoms with Crippen molar-refractivity contribution in [2.24, 2.45) is 0 Å². The normalized spacial score (nSPS) is 19.8. The lowest BCUT2D eigenvalue weighted by atomic mass is 10.1. The molecule has 1 aliphatic rings. The molecule has 140 valence electrons. The molecule has 1 saturated heterocycles. The molecule has 1 aromatic carbocycles. The Kier molecular flexibility index (Phi) is 6.17. The van der Waals surface area contributed by atoms with Gasteiger partial charge in [0.2, 0.25) is 5.91 Å². The van der Waals surface area contributed by atoms with E-state index in [9.17, 15) is 14.7 Å². The van der Waals surface area contributed by atoms with E-state index >= 15 is 0 Å². The molecule has 0 aliphatic carbocycles. The molecular weight excluding hydrogens is 356 g/mol. The quantitative estimate of drug-likeness (QED) is 0.791. The smallest absolute Gasteiger partial charge is 0.411 e. The maximum absolute atomic E-state index is 12.5. The standard InChI is InChI=1S/C19H23ClN2O4/c1-5-12-6-7-13(15(20)8-12)10-21-17(24)16-9-14(23)11-22(16)18(25)26-19(2,3)4/h1,6-8,14,16,23H,9-11H2,2-4H3,(H,21,24)/t14?,16-/m0/s1. The summed E-state index contributed by atoms with van der Waals surface area (Å²) in [6, 6.07) is 4.34. The number of hydrogen-bond acceptors (Lipinski definition) is 4. The Balaban J connectivity index is 2.03. The van der Waals surface area contributed by atoms with Gasteiger partial charge in [0, 0.05) is 23.6 Å². The van der Waals surface area contributed by atoms with Crippen molar-refractivity contribution >= 4 is 23.6 Å². The molecule has 7 heteroatoms. The Morgan fingerprint density at radius 1 is 1.46 bits per heavy atom. The molecule has 26 heavy (non-hydrogen) atoms. The predicted octanol–water partition coefficient (Wildman–Crippen LogP) is 2.31. The number of aliphatic hydroxyl groups excluding tert-OH is 1. The van der Waals surface area contributed by atoms with Gasteiger partial charge < -0.3 is 15.2 Å². The second kappa shape index (κ2) is 7.98. The van der Waals surface area contributed by atoms with Gasteiger partial charge in [-0.3, -0.25) is 9.69 Å². The zero-order valence-electron chi connectivity index (χ0n) is 15.1. The molecule has 1 aromatic rings. The number of nitrogens with zero attached hydrogens (tertiary/aromatic N) is 1. The first-order valence-electron chi connectivity index (χ1n) is 8.31. The number of aliphatic hydroxyl groups is 1. The van der Waals surface area contributed by atoms with Gasteiger partial charge in [-0.2, -0.15) is 0 Å². The number of rotatable bonds is 3. The van der Waals surface area contributed by atoms with Gasteiger partial charge in [-0.25, -0.2) is 4.79 Å². The monoisotopic (exact) mass is 378 g/mol. The molecule has 6 nitrogen and oxygen atoms in total. The third-order valence-corrected chi connectivity index (χ3v) is 4.23. The number of nitrogens with one attached hydrogen (secondary N) is 1. The minimum absolute atomic E-state index is 0.0601. The number of halogens is 1. The summed E-state index contributed by atoms with van der Waals surface area (Å²) in [6.45, 7) is 5.49. The Bertz CT molecular complexity index is 736. The fourth-order valence-corrected chi connectivity index (χ4v) is 2.91. The molecule has 2 rings (SSSR count). The maximum Gasteiger partial charge on any atom is 0.411 e. The van der Waals surface area contributed by atoms with Crippen molar-refractivity contribution in [1.29, 1.82) is 0 Å². The van der Waals surface area contributed by atoms with Gasteiger partial charge in [0.15, 0.2) is 0 Å². The van der Waals surface area contributed by atoms with Crippen LogP contribution in [0.4, 0.5) is 4.79 Å². The fraction of sp³-hybridized carbons (Fsp3) is 0.474. The van der Waals surface area contributed by atoms with Crippen LogP contribution in [0.3, 0.4) is 0 Å². The van der Waals surface area contributed by atoms with E-state index in [0.717, 1.165) is 0 Å². The Hall–Kier alpha value is -2.23. The third kappa shape index (κ3) is 5.13. The first-order valence-corrected chi connectivity index (χ1v) is 8.69. The molecule has 0 bridgehead atoms. The van der Waals surface area contributed by atoms with Gasteiger partial charge in [0.25, 0.3) is 0 Å². The number of amides is 2. The predicted molar refractivity (Wildman–Crippen MR) is 98.6 cm³/mol. The van der Waals surface area contributed by atoms with Gasteiger partial charge in [-0.1, -0.05) is 23.6 Å². The average molecular weight is 379 g/mol. The highest BCUT2D eigenvalue weighted by Crippen LogP contribution is 2.22. The maximum atomic E-state index is 12.5. The molecule has 2 amide bonds. The van der Waals surface area contributed by atoms with Crippen LogP contribution in [0.2, 0.25) is 5.02 Å². The number of likely N-dealkylation sites (tertiary alicyclic amines) is 1. The largest absolute Gasteiger partial charge is 0.444 e. The van der Waals surface area contributed by atoms with E-state index in [1.54, 1.807) is 39.0 Å². The zero-order chi connectivity index (χ0) is 19.5. The van der Waals surface area contributed by atoms with Crippen LogP contribution in [0.5, 0.6) is 0 Å². The van der Waals surface area contributed by atoms with E-state index in [1.165, 1.54) is 4.90 Å². The SMILES string of the molecule is C#Cc1ccc(CNC(=O)[C@@H]2CC(O)CN2C(=O)OC(C)(C)C)c(Cl)c1. The Morgan fingerprint density at radius 3 is 2.73 bits per heavy atom. The van der Waals surface area contributed by atoms with Crippen molar-refractivity contribution in [3.63, 3.8) is 0 Å². The van der Waals surface area contributed by atoms with Gasteiger partial charge in [0.1, 0.15) is 11.6 Å². The molecule has 1 heterocycles. The first kappa shape index (κ1) is 20.1. The van der Waals surface area contributed by atoms with E-state index in [0.29, 0.717) is 16.1 Å². The zero-order valence-corrected chi connectivity index (χ0v) is 15.8. The minimum Gasteiger partial charge on any atom is -0.444 e. The summed E-state index contributed by atoms with van der Waals surface area (Å²) < 4.78 is 5.31. The van der Waals surface area contributed by atoms with Gasteiger partial charge in [0.05, 0.1) is 12.6 Å². The van der Waals surface area contributed by atoms with Gasteiger partial charge in [-0.05, 0) is 38.5 Å². The van der Waals surface area contributed by atoms with Crippen molar-refractivity contribution in [2.45, 2.75) is 51.5 Å². The van der Waals surface area contributed by atoms with Crippen molar-refractivity contribution in [1.82, 2.24) is 10.2 Å². The number of hydrogen-bond donors (Lipinski definition) is 2. The van der Waals surface area contributed by atoms with E-state index in [1.807, 2.05) is 0 Å². The lowest BCUT2D eigenvalue weighted by molar-refractivity contribution is -0.125. The van der Waals surface area contributed by atoms with Crippen LogP contribution in [-0.2, 0) is 16.1 Å². The van der Waals surface area contributed by atoms with Crippen LogP contribution in [-0.4, -0.2) is 46.3 Å². The number of carbonyl (C=O) groups is 2. The molecule has 0 aromatic heterocycles. The topological polar surface area (TPSA) is 78.9 Å². The average Bonchev–Trinajstić information content (AvgIpc) is 2.94. The number of β-amino-alcohol motifs (C(OH)–C–C–N with tert-alkyl or cyclic N) is 1. The Labute approximate surface area is 158 Å². The van der Waals surface area contributed by atoms with Gasteiger partial charge >= 0.3 is 6.09 Å². The fourth-order valence-electron chi connectivity index (χ4n) is 2.67. The molecule has 1 aliphatic heterocycles. The summed E-state index contributed by atoms with van der Waals surface area (Å²) in [5.74, 6) is 2.12. The van der Waals surface area contributed by atoms with Crippen LogP contribution < -0.4 is 5.32 Å². The van der Waals surface area contributed by atoms with Crippen molar-refractivity contribution < 1.29 is 19.4 Å². The van der Waals surface area contributed by atoms with Crippen LogP contribution in [0.25, 0.3) is 0 Å². The molecule has 0 spiro atoms. The number of benzene rings is 1. The van der Waals surface area contributed by atoms with E-state index in [-0.39, 0.29) is 25.4 Å². The molecular formula is C19H23ClN2O4. The van der Waals surface area contributed by atoms with Crippen molar-refractivity contribution in [3.8, 4) is 12.3 Å². The first-order chi connectivity index (χ1) is 12.1. The van der Waals surface area contributed by atoms with Crippen LogP contribution >= 0.6 is 11.6 Å². The van der Waals surface area contributed by atoms with E-state index < -0.39 is 23.8 Å². The van der Waals surface area contributed by atoms with Gasteiger partial charge in [-0.15, -0.1) is 6.42 Å². The molecule has 1 unspecified atom stereocenters. The summed E-state index contributed by atoms with van der Waals surface area (Å²) >= 11 is 6.15. The lowest BCUT2D eigenvalue weighted by Gasteiger charge is -2.27. The van der Waals surface area contributed by atoms with Crippen molar-refractivity contribution in [3.05, 3.63) is 34.3 Å². The van der Waals surface area contributed by atoms with Crippen LogP contribution in [0.15, 0.2) is 18.2 Å². The summed E-state index contributed by atoms with van der Waals surface area (Å²) in [6.07, 6.45) is 4.10. The second-order valence-corrected chi connectivity index (χ2v) is 7.61.